The van der Waals surface area contributed by atoms with Gasteiger partial charge in [0.15, 0.2) is 0 Å². The highest BCUT2D eigenvalue weighted by molar-refractivity contribution is 8.00. The molecule has 1 aliphatic rings. The summed E-state index contributed by atoms with van der Waals surface area (Å²) in [6.07, 6.45) is 0.985. The number of nitrogens with zero attached hydrogens (tertiary/aromatic N) is 1. The lowest BCUT2D eigenvalue weighted by atomic mass is 10.1. The molecule has 1 heterocycles. The van der Waals surface area contributed by atoms with Crippen LogP contribution in [0.2, 0.25) is 5.02 Å². The Morgan fingerprint density at radius 3 is 2.67 bits per heavy atom. The number of halogens is 1. The van der Waals surface area contributed by atoms with E-state index in [0.717, 1.165) is 18.7 Å². The summed E-state index contributed by atoms with van der Waals surface area (Å²) in [5.74, 6) is 0.0359. The highest BCUT2D eigenvalue weighted by Gasteiger charge is 2.24. The van der Waals surface area contributed by atoms with Gasteiger partial charge >= 0.3 is 0 Å². The second kappa shape index (κ2) is 6.12. The van der Waals surface area contributed by atoms with Crippen molar-refractivity contribution in [2.45, 2.75) is 23.5 Å². The summed E-state index contributed by atoms with van der Waals surface area (Å²) in [5.41, 5.74) is 1.68. The lowest BCUT2D eigenvalue weighted by molar-refractivity contribution is 0.0986. The molecule has 0 spiro atoms. The largest absolute Gasteiger partial charge is 0.307 e. The average molecular weight is 318 g/mol. The van der Waals surface area contributed by atoms with Gasteiger partial charge in [-0.25, -0.2) is 0 Å². The molecule has 0 aromatic heterocycles. The lowest BCUT2D eigenvalue weighted by Crippen LogP contribution is -2.32. The Bertz CT molecular complexity index is 656. The zero-order chi connectivity index (χ0) is 14.8. The zero-order valence-corrected chi connectivity index (χ0v) is 13.3. The summed E-state index contributed by atoms with van der Waals surface area (Å²) in [7, 11) is 0. The van der Waals surface area contributed by atoms with Gasteiger partial charge in [0.1, 0.15) is 0 Å². The van der Waals surface area contributed by atoms with E-state index in [1.165, 1.54) is 4.90 Å². The molecule has 0 fully saturated rings. The molecule has 0 bridgehead atoms. The molecular formula is C17H16ClNOS. The molecule has 0 radical (unpaired) electrons. The van der Waals surface area contributed by atoms with Crippen molar-refractivity contribution < 1.29 is 4.79 Å². The highest BCUT2D eigenvalue weighted by atomic mass is 35.5. The first-order valence-corrected chi connectivity index (χ1v) is 8.24. The van der Waals surface area contributed by atoms with Crippen LogP contribution in [0.5, 0.6) is 0 Å². The number of benzene rings is 2. The van der Waals surface area contributed by atoms with Crippen molar-refractivity contribution in [3.8, 4) is 0 Å². The van der Waals surface area contributed by atoms with E-state index in [0.29, 0.717) is 15.8 Å². The number of rotatable bonds is 1. The Morgan fingerprint density at radius 2 is 1.90 bits per heavy atom. The van der Waals surface area contributed by atoms with E-state index in [1.807, 2.05) is 34.9 Å². The third kappa shape index (κ3) is 3.09. The van der Waals surface area contributed by atoms with Crippen LogP contribution in [0.15, 0.2) is 53.4 Å². The van der Waals surface area contributed by atoms with Crippen molar-refractivity contribution >= 4 is 35.0 Å². The molecule has 1 amide bonds. The van der Waals surface area contributed by atoms with Crippen LogP contribution in [0, 0.1) is 0 Å². The van der Waals surface area contributed by atoms with Gasteiger partial charge in [0.05, 0.1) is 5.69 Å². The van der Waals surface area contributed by atoms with Crippen LogP contribution in [0.4, 0.5) is 5.69 Å². The fourth-order valence-corrected chi connectivity index (χ4v) is 3.68. The minimum atomic E-state index is 0.0359. The molecule has 2 aromatic carbocycles. The van der Waals surface area contributed by atoms with E-state index in [4.69, 9.17) is 11.6 Å². The lowest BCUT2D eigenvalue weighted by Gasteiger charge is -2.22. The van der Waals surface area contributed by atoms with Crippen LogP contribution in [-0.4, -0.2) is 17.7 Å². The van der Waals surface area contributed by atoms with Crippen molar-refractivity contribution in [2.24, 2.45) is 0 Å². The van der Waals surface area contributed by atoms with Gasteiger partial charge in [0.25, 0.3) is 5.91 Å². The van der Waals surface area contributed by atoms with Crippen molar-refractivity contribution in [3.63, 3.8) is 0 Å². The predicted octanol–water partition coefficient (Wildman–Crippen LogP) is 4.87. The topological polar surface area (TPSA) is 20.3 Å². The van der Waals surface area contributed by atoms with Crippen LogP contribution >= 0.6 is 23.4 Å². The number of hydrogen-bond acceptors (Lipinski definition) is 2. The van der Waals surface area contributed by atoms with Gasteiger partial charge in [-0.1, -0.05) is 30.7 Å². The SMILES string of the molecule is C[C@@H]1CCN(C(=O)c2ccc(Cl)cc2)c2ccccc2S1. The molecule has 2 aromatic rings. The third-order valence-electron chi connectivity index (χ3n) is 3.58. The summed E-state index contributed by atoms with van der Waals surface area (Å²) in [6, 6.07) is 15.2. The van der Waals surface area contributed by atoms with E-state index < -0.39 is 0 Å². The Balaban J connectivity index is 1.97. The molecule has 0 aliphatic carbocycles. The molecule has 108 valence electrons. The van der Waals surface area contributed by atoms with Gasteiger partial charge < -0.3 is 4.90 Å². The van der Waals surface area contributed by atoms with E-state index in [9.17, 15) is 4.79 Å². The molecule has 1 aliphatic heterocycles. The van der Waals surface area contributed by atoms with Crippen LogP contribution in [0.25, 0.3) is 0 Å². The van der Waals surface area contributed by atoms with Crippen molar-refractivity contribution in [2.75, 3.05) is 11.4 Å². The number of fused-ring (bicyclic) bond motifs is 1. The van der Waals surface area contributed by atoms with E-state index in [1.54, 1.807) is 24.3 Å². The van der Waals surface area contributed by atoms with Crippen LogP contribution in [0.3, 0.4) is 0 Å². The molecule has 4 heteroatoms. The molecule has 3 rings (SSSR count). The van der Waals surface area contributed by atoms with Crippen molar-refractivity contribution in [1.82, 2.24) is 0 Å². The van der Waals surface area contributed by atoms with Crippen LogP contribution in [0.1, 0.15) is 23.7 Å². The second-order valence-electron chi connectivity index (χ2n) is 5.15. The maximum Gasteiger partial charge on any atom is 0.258 e. The van der Waals surface area contributed by atoms with Gasteiger partial charge in [-0.2, -0.15) is 0 Å². The Kier molecular flexibility index (Phi) is 4.22. The minimum Gasteiger partial charge on any atom is -0.307 e. The maximum atomic E-state index is 12.8. The van der Waals surface area contributed by atoms with Gasteiger partial charge in [-0.15, -0.1) is 11.8 Å². The number of carbonyl (C=O) groups excluding carboxylic acids is 1. The summed E-state index contributed by atoms with van der Waals surface area (Å²) in [4.78, 5) is 15.9. The quantitative estimate of drug-likeness (QED) is 0.747. The molecule has 1 atom stereocenters. The Hall–Kier alpha value is -1.45. The summed E-state index contributed by atoms with van der Waals surface area (Å²) in [5, 5.41) is 1.15. The van der Waals surface area contributed by atoms with Crippen molar-refractivity contribution in [1.29, 1.82) is 0 Å². The van der Waals surface area contributed by atoms with Gasteiger partial charge in [-0.3, -0.25) is 4.79 Å². The Morgan fingerprint density at radius 1 is 1.19 bits per heavy atom. The standard InChI is InChI=1S/C17H16ClNOS/c1-12-10-11-19(15-4-2-3-5-16(15)21-12)17(20)13-6-8-14(18)9-7-13/h2-9,12H,10-11H2,1H3/t12-/m1/s1. The first-order chi connectivity index (χ1) is 10.1. The molecular weight excluding hydrogens is 302 g/mol. The number of hydrogen-bond donors (Lipinski definition) is 0. The number of para-hydroxylation sites is 1. The fourth-order valence-electron chi connectivity index (χ4n) is 2.45. The minimum absolute atomic E-state index is 0.0359. The predicted molar refractivity (Wildman–Crippen MR) is 89.5 cm³/mol. The van der Waals surface area contributed by atoms with E-state index in [-0.39, 0.29) is 5.91 Å². The first kappa shape index (κ1) is 14.5. The average Bonchev–Trinajstić information content (AvgIpc) is 2.65. The molecule has 0 unspecified atom stereocenters. The number of anilines is 1. The monoisotopic (exact) mass is 317 g/mol. The molecule has 0 N–H and O–H groups in total. The van der Waals surface area contributed by atoms with Gasteiger partial charge in [-0.05, 0) is 42.8 Å². The van der Waals surface area contributed by atoms with E-state index >= 15 is 0 Å². The van der Waals surface area contributed by atoms with Crippen molar-refractivity contribution in [3.05, 3.63) is 59.1 Å². The smallest absolute Gasteiger partial charge is 0.258 e. The van der Waals surface area contributed by atoms with Gasteiger partial charge in [0, 0.05) is 27.3 Å². The first-order valence-electron chi connectivity index (χ1n) is 6.98. The second-order valence-corrected chi connectivity index (χ2v) is 7.07. The summed E-state index contributed by atoms with van der Waals surface area (Å²) < 4.78 is 0. The van der Waals surface area contributed by atoms with Crippen LogP contribution < -0.4 is 4.90 Å². The molecule has 21 heavy (non-hydrogen) atoms. The highest BCUT2D eigenvalue weighted by Crippen LogP contribution is 2.37. The van der Waals surface area contributed by atoms with Crippen LogP contribution in [-0.2, 0) is 0 Å². The van der Waals surface area contributed by atoms with E-state index in [2.05, 4.69) is 13.0 Å². The molecule has 2 nitrogen and oxygen atoms in total. The Labute approximate surface area is 134 Å². The normalized spacial score (nSPS) is 18.0. The number of amides is 1. The number of thioether (sulfide) groups is 1. The number of carbonyl (C=O) groups is 1. The maximum absolute atomic E-state index is 12.8. The molecule has 0 saturated heterocycles. The fraction of sp³-hybridized carbons (Fsp3) is 0.235. The van der Waals surface area contributed by atoms with Gasteiger partial charge in [0.2, 0.25) is 0 Å². The molecule has 0 saturated carbocycles. The third-order valence-corrected chi connectivity index (χ3v) is 5.07. The zero-order valence-electron chi connectivity index (χ0n) is 11.8. The summed E-state index contributed by atoms with van der Waals surface area (Å²) in [6.45, 7) is 2.95. The summed E-state index contributed by atoms with van der Waals surface area (Å²) >= 11 is 7.74.